The van der Waals surface area contributed by atoms with Crippen molar-refractivity contribution in [2.75, 3.05) is 0 Å². The maximum atomic E-state index is 10.7. The van der Waals surface area contributed by atoms with E-state index in [1.807, 2.05) is 0 Å². The molecule has 0 fully saturated rings. The first-order valence-electron chi connectivity index (χ1n) is 2.66. The molecule has 0 aliphatic carbocycles. The molecule has 0 unspecified atom stereocenters. The Morgan fingerprint density at radius 2 is 2.20 bits per heavy atom. The van der Waals surface area contributed by atoms with Crippen molar-refractivity contribution in [3.05, 3.63) is 20.8 Å². The molecule has 1 N–H and O–H groups in total. The van der Waals surface area contributed by atoms with Gasteiger partial charge in [0.1, 0.15) is 0 Å². The molecule has 1 rings (SSSR count). The zero-order valence-corrected chi connectivity index (χ0v) is 8.41. The predicted octanol–water partition coefficient (Wildman–Crippen LogP) is 2.74. The van der Waals surface area contributed by atoms with E-state index >= 15 is 0 Å². The summed E-state index contributed by atoms with van der Waals surface area (Å²) in [5, 5.41) is 0. The Hall–Kier alpha value is -0.0900. The first-order chi connectivity index (χ1) is 4.61. The SMILES string of the molecule is CC(=O)c1cc(Br)c(Br)[nH]1. The van der Waals surface area contributed by atoms with Crippen LogP contribution in [0.25, 0.3) is 0 Å². The lowest BCUT2D eigenvalue weighted by molar-refractivity contribution is 0.101. The lowest BCUT2D eigenvalue weighted by atomic mass is 10.3. The second kappa shape index (κ2) is 2.88. The fraction of sp³-hybridized carbons (Fsp3) is 0.167. The third-order valence-electron chi connectivity index (χ3n) is 1.10. The molecular weight excluding hydrogens is 262 g/mol. The molecule has 0 saturated carbocycles. The highest BCUT2D eigenvalue weighted by Crippen LogP contribution is 2.22. The molecule has 1 aromatic heterocycles. The van der Waals surface area contributed by atoms with Gasteiger partial charge in [-0.25, -0.2) is 0 Å². The van der Waals surface area contributed by atoms with Crippen molar-refractivity contribution in [2.24, 2.45) is 0 Å². The summed E-state index contributed by atoms with van der Waals surface area (Å²) < 4.78 is 1.68. The Morgan fingerprint density at radius 1 is 1.60 bits per heavy atom. The normalized spacial score (nSPS) is 9.90. The van der Waals surface area contributed by atoms with Crippen LogP contribution in [0.3, 0.4) is 0 Å². The molecule has 2 nitrogen and oxygen atoms in total. The first kappa shape index (κ1) is 8.01. The number of hydrogen-bond acceptors (Lipinski definition) is 1. The molecule has 0 aliphatic rings. The Labute approximate surface area is 75.3 Å². The van der Waals surface area contributed by atoms with E-state index in [1.54, 1.807) is 6.07 Å². The number of hydrogen-bond donors (Lipinski definition) is 1. The number of rotatable bonds is 1. The molecule has 54 valence electrons. The molecule has 0 radical (unpaired) electrons. The van der Waals surface area contributed by atoms with Crippen molar-refractivity contribution in [3.8, 4) is 0 Å². The molecule has 0 bridgehead atoms. The highest BCUT2D eigenvalue weighted by Gasteiger charge is 2.05. The monoisotopic (exact) mass is 265 g/mol. The van der Waals surface area contributed by atoms with E-state index in [1.165, 1.54) is 6.92 Å². The van der Waals surface area contributed by atoms with Gasteiger partial charge in [-0.1, -0.05) is 0 Å². The van der Waals surface area contributed by atoms with Gasteiger partial charge in [-0.05, 0) is 37.9 Å². The summed E-state index contributed by atoms with van der Waals surface area (Å²) in [6.45, 7) is 1.52. The lowest BCUT2D eigenvalue weighted by Crippen LogP contribution is -1.89. The fourth-order valence-corrected chi connectivity index (χ4v) is 1.25. The smallest absolute Gasteiger partial charge is 0.175 e. The lowest BCUT2D eigenvalue weighted by Gasteiger charge is -1.83. The van der Waals surface area contributed by atoms with Gasteiger partial charge in [0.25, 0.3) is 0 Å². The third kappa shape index (κ3) is 1.49. The zero-order chi connectivity index (χ0) is 7.72. The fourth-order valence-electron chi connectivity index (χ4n) is 0.594. The van der Waals surface area contributed by atoms with Gasteiger partial charge in [-0.3, -0.25) is 4.79 Å². The molecular formula is C6H5Br2NO. The van der Waals surface area contributed by atoms with Crippen LogP contribution in [0.1, 0.15) is 17.4 Å². The maximum absolute atomic E-state index is 10.7. The number of H-pyrrole nitrogens is 1. The van der Waals surface area contributed by atoms with Crippen molar-refractivity contribution in [3.63, 3.8) is 0 Å². The number of ketones is 1. The van der Waals surface area contributed by atoms with Gasteiger partial charge >= 0.3 is 0 Å². The van der Waals surface area contributed by atoms with E-state index in [9.17, 15) is 4.79 Å². The molecule has 1 aromatic rings. The van der Waals surface area contributed by atoms with Crippen LogP contribution in [0.5, 0.6) is 0 Å². The average Bonchev–Trinajstić information content (AvgIpc) is 2.13. The van der Waals surface area contributed by atoms with Gasteiger partial charge in [0.05, 0.1) is 14.8 Å². The Balaban J connectivity index is 3.10. The van der Waals surface area contributed by atoms with Crippen LogP contribution < -0.4 is 0 Å². The van der Waals surface area contributed by atoms with E-state index in [4.69, 9.17) is 0 Å². The minimum Gasteiger partial charge on any atom is -0.346 e. The Bertz CT molecular complexity index is 247. The number of carbonyl (C=O) groups is 1. The van der Waals surface area contributed by atoms with Crippen LogP contribution in [-0.4, -0.2) is 10.8 Å². The van der Waals surface area contributed by atoms with Crippen molar-refractivity contribution < 1.29 is 4.79 Å². The number of Topliss-reactive ketones (excluding diaryl/α,β-unsaturated/α-hetero) is 1. The first-order valence-corrected chi connectivity index (χ1v) is 4.25. The van der Waals surface area contributed by atoms with Crippen LogP contribution in [0, 0.1) is 0 Å². The molecule has 10 heavy (non-hydrogen) atoms. The Morgan fingerprint density at radius 3 is 2.40 bits per heavy atom. The largest absolute Gasteiger partial charge is 0.346 e. The summed E-state index contributed by atoms with van der Waals surface area (Å²) in [7, 11) is 0. The zero-order valence-electron chi connectivity index (χ0n) is 5.24. The van der Waals surface area contributed by atoms with Crippen molar-refractivity contribution in [1.29, 1.82) is 0 Å². The number of nitrogens with one attached hydrogen (secondary N) is 1. The van der Waals surface area contributed by atoms with Crippen LogP contribution in [0.2, 0.25) is 0 Å². The molecule has 0 aliphatic heterocycles. The van der Waals surface area contributed by atoms with Gasteiger partial charge in [0.15, 0.2) is 5.78 Å². The van der Waals surface area contributed by atoms with Crippen LogP contribution in [-0.2, 0) is 0 Å². The summed E-state index contributed by atoms with van der Waals surface area (Å²) >= 11 is 6.48. The van der Waals surface area contributed by atoms with Gasteiger partial charge in [0.2, 0.25) is 0 Å². The molecule has 0 aromatic carbocycles. The molecule has 1 heterocycles. The molecule has 0 atom stereocenters. The number of carbonyl (C=O) groups excluding carboxylic acids is 1. The van der Waals surface area contributed by atoms with Crippen molar-refractivity contribution >= 4 is 37.6 Å². The van der Waals surface area contributed by atoms with Crippen molar-refractivity contribution in [2.45, 2.75) is 6.92 Å². The minimum absolute atomic E-state index is 0.0337. The molecule has 0 amide bonds. The second-order valence-electron chi connectivity index (χ2n) is 1.90. The predicted molar refractivity (Wildman–Crippen MR) is 46.2 cm³/mol. The van der Waals surface area contributed by atoms with Gasteiger partial charge in [-0.2, -0.15) is 0 Å². The summed E-state index contributed by atoms with van der Waals surface area (Å²) in [5.74, 6) is 0.0337. The van der Waals surface area contributed by atoms with Crippen LogP contribution in [0.15, 0.2) is 15.1 Å². The maximum Gasteiger partial charge on any atom is 0.175 e. The van der Waals surface area contributed by atoms with Crippen LogP contribution in [0.4, 0.5) is 0 Å². The summed E-state index contributed by atoms with van der Waals surface area (Å²) in [5.41, 5.74) is 0.610. The molecule has 0 spiro atoms. The number of aromatic nitrogens is 1. The van der Waals surface area contributed by atoms with Gasteiger partial charge < -0.3 is 4.98 Å². The van der Waals surface area contributed by atoms with Gasteiger partial charge in [0, 0.05) is 6.92 Å². The highest BCUT2D eigenvalue weighted by atomic mass is 79.9. The third-order valence-corrected chi connectivity index (χ3v) is 2.89. The molecule has 0 saturated heterocycles. The Kier molecular flexibility index (Phi) is 2.31. The summed E-state index contributed by atoms with van der Waals surface area (Å²) in [6.07, 6.45) is 0. The van der Waals surface area contributed by atoms with E-state index in [-0.39, 0.29) is 5.78 Å². The van der Waals surface area contributed by atoms with Crippen molar-refractivity contribution in [1.82, 2.24) is 4.98 Å². The summed E-state index contributed by atoms with van der Waals surface area (Å²) in [6, 6.07) is 1.74. The second-order valence-corrected chi connectivity index (χ2v) is 3.55. The topological polar surface area (TPSA) is 32.9 Å². The quantitative estimate of drug-likeness (QED) is 0.779. The van der Waals surface area contributed by atoms with Gasteiger partial charge in [-0.15, -0.1) is 0 Å². The number of aromatic amines is 1. The average molecular weight is 267 g/mol. The van der Waals surface area contributed by atoms with E-state index in [0.29, 0.717) is 5.69 Å². The standard InChI is InChI=1S/C6H5Br2NO/c1-3(10)5-2-4(7)6(8)9-5/h2,9H,1H3. The van der Waals surface area contributed by atoms with E-state index in [0.717, 1.165) is 9.08 Å². The minimum atomic E-state index is 0.0337. The van der Waals surface area contributed by atoms with Crippen LogP contribution >= 0.6 is 31.9 Å². The summed E-state index contributed by atoms with van der Waals surface area (Å²) in [4.78, 5) is 13.6. The van der Waals surface area contributed by atoms with E-state index in [2.05, 4.69) is 36.8 Å². The highest BCUT2D eigenvalue weighted by molar-refractivity contribution is 9.13. The molecule has 4 heteroatoms. The number of halogens is 2. The van der Waals surface area contributed by atoms with E-state index < -0.39 is 0 Å².